The van der Waals surface area contributed by atoms with Gasteiger partial charge in [-0.15, -0.1) is 0 Å². The van der Waals surface area contributed by atoms with Crippen LogP contribution in [0.5, 0.6) is 0 Å². The molecule has 3 aliphatic heterocycles. The van der Waals surface area contributed by atoms with Gasteiger partial charge in [0.2, 0.25) is 5.91 Å². The van der Waals surface area contributed by atoms with Gasteiger partial charge in [0.1, 0.15) is 12.1 Å². The number of carbonyl (C=O) groups excluding carboxylic acids is 3. The monoisotopic (exact) mass is 376 g/mol. The van der Waals surface area contributed by atoms with E-state index in [1.807, 2.05) is 4.90 Å². The van der Waals surface area contributed by atoms with Crippen LogP contribution in [0.1, 0.15) is 59.3 Å². The van der Waals surface area contributed by atoms with Crippen LogP contribution in [0.4, 0.5) is 4.79 Å². The molecule has 7 heteroatoms. The number of nitrogens with one attached hydrogen (secondary N) is 2. The summed E-state index contributed by atoms with van der Waals surface area (Å²) in [5.74, 6) is 0.0313. The fourth-order valence-electron chi connectivity index (χ4n) is 6.05. The van der Waals surface area contributed by atoms with E-state index >= 15 is 0 Å². The Morgan fingerprint density at radius 1 is 1.15 bits per heavy atom. The largest absolute Gasteiger partial charge is 0.340 e. The quantitative estimate of drug-likeness (QED) is 0.715. The second kappa shape index (κ2) is 6.47. The Kier molecular flexibility index (Phi) is 4.48. The van der Waals surface area contributed by atoms with Gasteiger partial charge in [0.05, 0.1) is 0 Å². The predicted molar refractivity (Wildman–Crippen MR) is 101 cm³/mol. The fraction of sp³-hybridized carbons (Fsp3) is 0.850. The minimum absolute atomic E-state index is 0.00365. The van der Waals surface area contributed by atoms with Crippen LogP contribution < -0.4 is 10.6 Å². The molecule has 0 aromatic heterocycles. The summed E-state index contributed by atoms with van der Waals surface area (Å²) in [6, 6.07) is 0.433. The van der Waals surface area contributed by atoms with Crippen molar-refractivity contribution in [2.24, 2.45) is 11.3 Å². The zero-order valence-corrected chi connectivity index (χ0v) is 16.7. The Bertz CT molecular complexity index is 664. The summed E-state index contributed by atoms with van der Waals surface area (Å²) in [6.45, 7) is 7.67. The maximum Gasteiger partial charge on any atom is 0.325 e. The average molecular weight is 377 g/mol. The van der Waals surface area contributed by atoms with E-state index in [9.17, 15) is 14.4 Å². The van der Waals surface area contributed by atoms with Gasteiger partial charge in [-0.3, -0.25) is 14.5 Å². The van der Waals surface area contributed by atoms with Crippen LogP contribution in [0.15, 0.2) is 0 Å². The summed E-state index contributed by atoms with van der Waals surface area (Å²) in [5, 5.41) is 6.51. The molecular weight excluding hydrogens is 344 g/mol. The van der Waals surface area contributed by atoms with Gasteiger partial charge in [-0.05, 0) is 49.9 Å². The number of hydrogen-bond donors (Lipinski definition) is 2. The molecular formula is C20H32N4O3. The predicted octanol–water partition coefficient (Wildman–Crippen LogP) is 1.48. The lowest BCUT2D eigenvalue weighted by atomic mass is 9.64. The zero-order chi connectivity index (χ0) is 19.4. The standard InChI is InChI=1S/C20H32N4O3/c1-13-8-19(2,3)12-20(9-13)17(26)24(18(27)22-20)11-16(25)23-7-6-14-4-5-15(10-23)21-14/h13-15,21H,4-12H2,1-3H3,(H,22,27). The molecule has 4 rings (SSSR count). The molecule has 3 heterocycles. The van der Waals surface area contributed by atoms with Crippen molar-refractivity contribution in [2.75, 3.05) is 19.6 Å². The van der Waals surface area contributed by atoms with Gasteiger partial charge >= 0.3 is 6.03 Å². The number of nitrogens with zero attached hydrogens (tertiary/aromatic N) is 2. The van der Waals surface area contributed by atoms with Gasteiger partial charge in [0.25, 0.3) is 5.91 Å². The molecule has 3 saturated heterocycles. The van der Waals surface area contributed by atoms with E-state index in [1.165, 1.54) is 6.42 Å². The van der Waals surface area contributed by atoms with Gasteiger partial charge in [-0.25, -0.2) is 4.79 Å². The van der Waals surface area contributed by atoms with Gasteiger partial charge < -0.3 is 15.5 Å². The molecule has 1 spiro atoms. The molecule has 150 valence electrons. The lowest BCUT2D eigenvalue weighted by molar-refractivity contribution is -0.140. The van der Waals surface area contributed by atoms with Crippen molar-refractivity contribution in [1.82, 2.24) is 20.4 Å². The first-order chi connectivity index (χ1) is 12.7. The Morgan fingerprint density at radius 2 is 1.89 bits per heavy atom. The molecule has 0 aromatic carbocycles. The van der Waals surface area contributed by atoms with Crippen molar-refractivity contribution in [2.45, 2.75) is 76.9 Å². The number of rotatable bonds is 2. The first-order valence-electron chi connectivity index (χ1n) is 10.4. The maximum atomic E-state index is 13.2. The summed E-state index contributed by atoms with van der Waals surface area (Å²) in [5.41, 5.74) is -0.839. The minimum atomic E-state index is -0.835. The summed E-state index contributed by atoms with van der Waals surface area (Å²) in [4.78, 5) is 41.7. The van der Waals surface area contributed by atoms with Gasteiger partial charge in [-0.1, -0.05) is 20.8 Å². The van der Waals surface area contributed by atoms with Crippen LogP contribution in [0.2, 0.25) is 0 Å². The Balaban J connectivity index is 1.45. The van der Waals surface area contributed by atoms with Crippen LogP contribution >= 0.6 is 0 Å². The van der Waals surface area contributed by atoms with E-state index in [4.69, 9.17) is 0 Å². The molecule has 0 aromatic rings. The highest BCUT2D eigenvalue weighted by molar-refractivity contribution is 6.09. The van der Waals surface area contributed by atoms with E-state index in [0.717, 1.165) is 24.2 Å². The highest BCUT2D eigenvalue weighted by atomic mass is 16.2. The molecule has 2 bridgehead atoms. The van der Waals surface area contributed by atoms with Gasteiger partial charge in [0.15, 0.2) is 0 Å². The lowest BCUT2D eigenvalue weighted by Gasteiger charge is -2.43. The topological polar surface area (TPSA) is 81.8 Å². The van der Waals surface area contributed by atoms with Crippen LogP contribution in [0, 0.1) is 11.3 Å². The summed E-state index contributed by atoms with van der Waals surface area (Å²) < 4.78 is 0. The molecule has 4 fully saturated rings. The second-order valence-electron chi connectivity index (χ2n) is 10.0. The smallest absolute Gasteiger partial charge is 0.325 e. The summed E-state index contributed by atoms with van der Waals surface area (Å²) in [7, 11) is 0. The number of amides is 4. The van der Waals surface area contributed by atoms with E-state index in [0.29, 0.717) is 43.9 Å². The fourth-order valence-corrected chi connectivity index (χ4v) is 6.05. The molecule has 4 unspecified atom stereocenters. The number of fused-ring (bicyclic) bond motifs is 2. The molecule has 0 radical (unpaired) electrons. The molecule has 4 amide bonds. The Hall–Kier alpha value is -1.63. The SMILES string of the molecule is CC1CC(C)(C)CC2(C1)NC(=O)N(CC(=O)N1CCC3CCC(C1)N3)C2=O. The normalized spacial score (nSPS) is 38.3. The van der Waals surface area contributed by atoms with E-state index in [-0.39, 0.29) is 23.8 Å². The first kappa shape index (κ1) is 18.7. The third-order valence-corrected chi connectivity index (χ3v) is 6.79. The number of imide groups is 1. The first-order valence-corrected chi connectivity index (χ1v) is 10.4. The third kappa shape index (κ3) is 3.46. The van der Waals surface area contributed by atoms with E-state index < -0.39 is 11.6 Å². The number of likely N-dealkylation sites (tertiary alicyclic amines) is 1. The van der Waals surface area contributed by atoms with Crippen molar-refractivity contribution in [3.63, 3.8) is 0 Å². The minimum Gasteiger partial charge on any atom is -0.340 e. The summed E-state index contributed by atoms with van der Waals surface area (Å²) >= 11 is 0. The zero-order valence-electron chi connectivity index (χ0n) is 16.7. The van der Waals surface area contributed by atoms with Crippen molar-refractivity contribution < 1.29 is 14.4 Å². The van der Waals surface area contributed by atoms with E-state index in [2.05, 4.69) is 31.4 Å². The lowest BCUT2D eigenvalue weighted by Crippen LogP contribution is -2.54. The highest BCUT2D eigenvalue weighted by Crippen LogP contribution is 2.46. The van der Waals surface area contributed by atoms with Crippen molar-refractivity contribution in [3.05, 3.63) is 0 Å². The van der Waals surface area contributed by atoms with Crippen LogP contribution in [-0.2, 0) is 9.59 Å². The molecule has 2 N–H and O–H groups in total. The van der Waals surface area contributed by atoms with Crippen LogP contribution in [0.25, 0.3) is 0 Å². The van der Waals surface area contributed by atoms with Gasteiger partial charge in [0, 0.05) is 25.2 Å². The van der Waals surface area contributed by atoms with Crippen LogP contribution in [-0.4, -0.2) is 64.9 Å². The maximum absolute atomic E-state index is 13.2. The molecule has 4 aliphatic rings. The van der Waals surface area contributed by atoms with Crippen LogP contribution in [0.3, 0.4) is 0 Å². The number of urea groups is 1. The van der Waals surface area contributed by atoms with Crippen molar-refractivity contribution in [1.29, 1.82) is 0 Å². The Labute approximate surface area is 161 Å². The second-order valence-corrected chi connectivity index (χ2v) is 10.0. The Morgan fingerprint density at radius 3 is 2.63 bits per heavy atom. The number of carbonyl (C=O) groups is 3. The molecule has 1 aliphatic carbocycles. The molecule has 4 atom stereocenters. The van der Waals surface area contributed by atoms with Crippen molar-refractivity contribution >= 4 is 17.8 Å². The summed E-state index contributed by atoms with van der Waals surface area (Å²) in [6.07, 6.45) is 5.54. The molecule has 7 nitrogen and oxygen atoms in total. The van der Waals surface area contributed by atoms with E-state index in [1.54, 1.807) is 0 Å². The third-order valence-electron chi connectivity index (χ3n) is 6.79. The highest BCUT2D eigenvalue weighted by Gasteiger charge is 2.56. The van der Waals surface area contributed by atoms with Gasteiger partial charge in [-0.2, -0.15) is 0 Å². The molecule has 27 heavy (non-hydrogen) atoms. The van der Waals surface area contributed by atoms with Crippen molar-refractivity contribution in [3.8, 4) is 0 Å². The molecule has 1 saturated carbocycles. The average Bonchev–Trinajstić information content (AvgIpc) is 2.97. The number of hydrogen-bond acceptors (Lipinski definition) is 4.